The number of ether oxygens (including phenoxy) is 2. The van der Waals surface area contributed by atoms with E-state index in [2.05, 4.69) is 15.9 Å². The van der Waals surface area contributed by atoms with Gasteiger partial charge in [0, 0.05) is 27.4 Å². The van der Waals surface area contributed by atoms with Gasteiger partial charge in [0.1, 0.15) is 22.5 Å². The van der Waals surface area contributed by atoms with Crippen molar-refractivity contribution in [2.75, 3.05) is 13.2 Å². The van der Waals surface area contributed by atoms with Crippen molar-refractivity contribution in [3.05, 3.63) is 73.1 Å². The molecule has 0 unspecified atom stereocenters. The molecular weight excluding hydrogens is 534 g/mol. The zero-order valence-corrected chi connectivity index (χ0v) is 21.7. The molecule has 1 aromatic carbocycles. The Balaban J connectivity index is 1.91. The van der Waals surface area contributed by atoms with Gasteiger partial charge in [0.2, 0.25) is 0 Å². The molecule has 3 aromatic rings. The molecule has 0 bridgehead atoms. The Labute approximate surface area is 215 Å². The molecule has 0 fully saturated rings. The van der Waals surface area contributed by atoms with Crippen LogP contribution in [0.4, 0.5) is 0 Å². The van der Waals surface area contributed by atoms with E-state index in [1.807, 2.05) is 30.3 Å². The van der Waals surface area contributed by atoms with E-state index in [4.69, 9.17) is 13.9 Å². The Kier molecular flexibility index (Phi) is 8.79. The minimum atomic E-state index is -0.633. The number of furan rings is 1. The first kappa shape index (κ1) is 26.1. The maximum Gasteiger partial charge on any atom is 0.348 e. The minimum Gasteiger partial charge on any atom is -0.462 e. The number of hydrogen-bond acceptors (Lipinski definition) is 8. The van der Waals surface area contributed by atoms with E-state index in [0.29, 0.717) is 22.0 Å². The number of nitrogens with zero attached hydrogens (tertiary/aromatic N) is 1. The van der Waals surface area contributed by atoms with E-state index in [0.717, 1.165) is 21.4 Å². The van der Waals surface area contributed by atoms with Crippen LogP contribution in [0.2, 0.25) is 0 Å². The van der Waals surface area contributed by atoms with Gasteiger partial charge in [0.05, 0.1) is 24.4 Å². The summed E-state index contributed by atoms with van der Waals surface area (Å²) in [7, 11) is 0. The third kappa shape index (κ3) is 6.15. The third-order valence-electron chi connectivity index (χ3n) is 4.92. The molecule has 2 heterocycles. The van der Waals surface area contributed by atoms with Gasteiger partial charge in [-0.3, -0.25) is 4.79 Å². The van der Waals surface area contributed by atoms with Crippen molar-refractivity contribution in [1.82, 2.24) is 0 Å². The number of halogens is 1. The summed E-state index contributed by atoms with van der Waals surface area (Å²) < 4.78 is 16.9. The lowest BCUT2D eigenvalue weighted by Gasteiger charge is -2.05. The van der Waals surface area contributed by atoms with Gasteiger partial charge in [-0.15, -0.1) is 11.3 Å². The van der Waals surface area contributed by atoms with E-state index < -0.39 is 17.7 Å². The van der Waals surface area contributed by atoms with Crippen LogP contribution in [0.25, 0.3) is 17.4 Å². The topological polar surface area (TPSA) is 107 Å². The summed E-state index contributed by atoms with van der Waals surface area (Å²) in [4.78, 5) is 38.5. The smallest absolute Gasteiger partial charge is 0.348 e. The molecule has 0 N–H and O–H groups in total. The summed E-state index contributed by atoms with van der Waals surface area (Å²) in [5.74, 6) is -0.808. The Bertz CT molecular complexity index is 1340. The zero-order valence-electron chi connectivity index (χ0n) is 19.3. The van der Waals surface area contributed by atoms with Crippen molar-refractivity contribution >= 4 is 51.1 Å². The fourth-order valence-corrected chi connectivity index (χ4v) is 4.93. The van der Waals surface area contributed by atoms with Gasteiger partial charge in [-0.25, -0.2) is 9.59 Å². The van der Waals surface area contributed by atoms with Crippen LogP contribution in [-0.4, -0.2) is 30.9 Å². The van der Waals surface area contributed by atoms with Gasteiger partial charge in [0.25, 0.3) is 0 Å². The number of esters is 2. The van der Waals surface area contributed by atoms with E-state index in [9.17, 15) is 19.6 Å². The summed E-state index contributed by atoms with van der Waals surface area (Å²) in [5, 5.41) is 9.63. The van der Waals surface area contributed by atoms with Gasteiger partial charge in [0.15, 0.2) is 5.78 Å². The first-order valence-electron chi connectivity index (χ1n) is 10.8. The van der Waals surface area contributed by atoms with Crippen molar-refractivity contribution in [1.29, 1.82) is 5.26 Å². The molecule has 35 heavy (non-hydrogen) atoms. The summed E-state index contributed by atoms with van der Waals surface area (Å²) in [6.07, 6.45) is 1.11. The number of carbonyl (C=O) groups is 3. The standard InChI is InChI=1S/C26H22BrNO6S/c1-4-32-25(30)23-15(3)24(26(31)33-5-2)35-22(23)13-20(29)17(14-28)12-19-9-10-21(34-19)16-7-6-8-18(27)11-16/h6-12H,4-5,13H2,1-3H3/b17-12+. The summed E-state index contributed by atoms with van der Waals surface area (Å²) in [5.41, 5.74) is 1.24. The van der Waals surface area contributed by atoms with Crippen molar-refractivity contribution in [3.63, 3.8) is 0 Å². The predicted octanol–water partition coefficient (Wildman–Crippen LogP) is 6.15. The second-order valence-electron chi connectivity index (χ2n) is 7.28. The highest BCUT2D eigenvalue weighted by molar-refractivity contribution is 9.10. The van der Waals surface area contributed by atoms with Crippen LogP contribution in [0, 0.1) is 18.3 Å². The molecule has 180 valence electrons. The number of thiophene rings is 1. The van der Waals surface area contributed by atoms with Crippen LogP contribution in [0.15, 0.2) is 50.9 Å². The molecule has 0 aliphatic heterocycles. The maximum atomic E-state index is 13.0. The fraction of sp³-hybridized carbons (Fsp3) is 0.231. The number of Topliss-reactive ketones (excluding diaryl/α,β-unsaturated/α-hetero) is 1. The molecule has 9 heteroatoms. The highest BCUT2D eigenvalue weighted by atomic mass is 79.9. The van der Waals surface area contributed by atoms with Gasteiger partial charge in [-0.05, 0) is 50.6 Å². The second kappa shape index (κ2) is 11.8. The molecule has 0 saturated carbocycles. The van der Waals surface area contributed by atoms with Crippen molar-refractivity contribution in [3.8, 4) is 17.4 Å². The molecule has 0 amide bonds. The van der Waals surface area contributed by atoms with Crippen LogP contribution >= 0.6 is 27.3 Å². The normalized spacial score (nSPS) is 11.1. The second-order valence-corrected chi connectivity index (χ2v) is 9.30. The number of rotatable bonds is 9. The van der Waals surface area contributed by atoms with Gasteiger partial charge in [-0.2, -0.15) is 5.26 Å². The number of carbonyl (C=O) groups excluding carboxylic acids is 3. The quantitative estimate of drug-likeness (QED) is 0.177. The van der Waals surface area contributed by atoms with Crippen LogP contribution in [-0.2, 0) is 20.7 Å². The highest BCUT2D eigenvalue weighted by Gasteiger charge is 2.28. The minimum absolute atomic E-state index is 0.137. The lowest BCUT2D eigenvalue weighted by molar-refractivity contribution is -0.114. The first-order chi connectivity index (χ1) is 16.8. The fourth-order valence-electron chi connectivity index (χ4n) is 3.35. The molecule has 0 spiro atoms. The predicted molar refractivity (Wildman–Crippen MR) is 135 cm³/mol. The molecule has 0 radical (unpaired) electrons. The van der Waals surface area contributed by atoms with E-state index >= 15 is 0 Å². The van der Waals surface area contributed by atoms with Crippen LogP contribution in [0.1, 0.15) is 50.1 Å². The van der Waals surface area contributed by atoms with Crippen LogP contribution < -0.4 is 0 Å². The van der Waals surface area contributed by atoms with Crippen molar-refractivity contribution in [2.45, 2.75) is 27.2 Å². The first-order valence-corrected chi connectivity index (χ1v) is 12.4. The van der Waals surface area contributed by atoms with Gasteiger partial charge in [-0.1, -0.05) is 28.1 Å². The number of benzene rings is 1. The number of nitriles is 1. The van der Waals surface area contributed by atoms with E-state index in [-0.39, 0.29) is 35.6 Å². The number of hydrogen-bond donors (Lipinski definition) is 0. The van der Waals surface area contributed by atoms with E-state index in [1.165, 1.54) is 6.08 Å². The molecule has 0 aliphatic carbocycles. The molecule has 2 aromatic heterocycles. The molecule has 7 nitrogen and oxygen atoms in total. The van der Waals surface area contributed by atoms with Crippen LogP contribution in [0.3, 0.4) is 0 Å². The Morgan fingerprint density at radius 1 is 1.11 bits per heavy atom. The zero-order chi connectivity index (χ0) is 25.5. The average molecular weight is 556 g/mol. The molecule has 0 aliphatic rings. The summed E-state index contributed by atoms with van der Waals surface area (Å²) in [6, 6.07) is 12.9. The highest BCUT2D eigenvalue weighted by Crippen LogP contribution is 2.31. The lowest BCUT2D eigenvalue weighted by Crippen LogP contribution is -2.12. The Morgan fingerprint density at radius 2 is 1.83 bits per heavy atom. The lowest BCUT2D eigenvalue weighted by atomic mass is 10.0. The van der Waals surface area contributed by atoms with Gasteiger partial charge >= 0.3 is 11.9 Å². The molecule has 0 atom stereocenters. The van der Waals surface area contributed by atoms with Gasteiger partial charge < -0.3 is 13.9 Å². The van der Waals surface area contributed by atoms with Crippen molar-refractivity contribution < 1.29 is 28.3 Å². The maximum absolute atomic E-state index is 13.0. The summed E-state index contributed by atoms with van der Waals surface area (Å²) >= 11 is 4.41. The Morgan fingerprint density at radius 3 is 2.49 bits per heavy atom. The third-order valence-corrected chi connectivity index (χ3v) is 6.69. The number of allylic oxidation sites excluding steroid dienone is 1. The monoisotopic (exact) mass is 555 g/mol. The molecular formula is C26H22BrNO6S. The van der Waals surface area contributed by atoms with Crippen molar-refractivity contribution in [2.24, 2.45) is 0 Å². The molecule has 0 saturated heterocycles. The number of ketones is 1. The summed E-state index contributed by atoms with van der Waals surface area (Å²) in [6.45, 7) is 5.26. The average Bonchev–Trinajstić information content (AvgIpc) is 3.42. The Hall–Kier alpha value is -3.48. The largest absolute Gasteiger partial charge is 0.462 e. The van der Waals surface area contributed by atoms with Crippen LogP contribution in [0.5, 0.6) is 0 Å². The SMILES string of the molecule is CCOC(=O)c1sc(CC(=O)/C(C#N)=C/c2ccc(-c3cccc(Br)c3)o2)c(C(=O)OCC)c1C. The van der Waals surface area contributed by atoms with E-state index in [1.54, 1.807) is 32.9 Å². The molecule has 3 rings (SSSR count).